The molecule has 0 bridgehead atoms. The maximum Gasteiger partial charge on any atom is 0.160 e. The van der Waals surface area contributed by atoms with Gasteiger partial charge in [-0.2, -0.15) is 0 Å². The zero-order valence-electron chi connectivity index (χ0n) is 10.6. The maximum absolute atomic E-state index is 13.2. The van der Waals surface area contributed by atoms with Gasteiger partial charge >= 0.3 is 0 Å². The van der Waals surface area contributed by atoms with Gasteiger partial charge in [-0.05, 0) is 24.3 Å². The summed E-state index contributed by atoms with van der Waals surface area (Å²) in [6.07, 6.45) is 0. The summed E-state index contributed by atoms with van der Waals surface area (Å²) >= 11 is 4.95. The molecule has 0 radical (unpaired) electrons. The Morgan fingerprint density at radius 2 is 1.90 bits per heavy atom. The van der Waals surface area contributed by atoms with E-state index in [1.807, 2.05) is 0 Å². The Balaban J connectivity index is 2.40. The minimum Gasteiger partial charge on any atom is -0.497 e. The molecule has 2 aromatic carbocycles. The second kappa shape index (κ2) is 5.83. The van der Waals surface area contributed by atoms with Gasteiger partial charge in [-0.15, -0.1) is 0 Å². The van der Waals surface area contributed by atoms with E-state index < -0.39 is 11.6 Å². The molecule has 104 valence electrons. The molecule has 0 aliphatic rings. The largest absolute Gasteiger partial charge is 0.497 e. The summed E-state index contributed by atoms with van der Waals surface area (Å²) in [6, 6.07) is 8.60. The lowest BCUT2D eigenvalue weighted by Gasteiger charge is -2.13. The van der Waals surface area contributed by atoms with Gasteiger partial charge in [0.1, 0.15) is 10.7 Å². The van der Waals surface area contributed by atoms with Crippen LogP contribution in [0.25, 0.3) is 0 Å². The average Bonchev–Trinajstić information content (AvgIpc) is 2.42. The molecule has 2 aromatic rings. The molecule has 0 saturated carbocycles. The van der Waals surface area contributed by atoms with Crippen molar-refractivity contribution >= 4 is 28.6 Å². The number of thiocarbonyl (C=S) groups is 1. The van der Waals surface area contributed by atoms with Gasteiger partial charge in [0.25, 0.3) is 0 Å². The summed E-state index contributed by atoms with van der Waals surface area (Å²) in [6.45, 7) is 0. The number of hydrogen-bond donors (Lipinski definition) is 2. The van der Waals surface area contributed by atoms with Crippen LogP contribution in [0.2, 0.25) is 0 Å². The molecule has 0 aromatic heterocycles. The van der Waals surface area contributed by atoms with Crippen LogP contribution in [-0.4, -0.2) is 12.1 Å². The molecule has 2 rings (SSSR count). The molecule has 6 heteroatoms. The number of hydrogen-bond acceptors (Lipinski definition) is 3. The predicted octanol–water partition coefficient (Wildman–Crippen LogP) is 3.35. The molecule has 0 heterocycles. The van der Waals surface area contributed by atoms with Crippen LogP contribution in [0.3, 0.4) is 0 Å². The molecule has 3 nitrogen and oxygen atoms in total. The minimum atomic E-state index is -0.935. The van der Waals surface area contributed by atoms with Gasteiger partial charge in [0, 0.05) is 23.4 Å². The molecular formula is C14H12F2N2OS. The summed E-state index contributed by atoms with van der Waals surface area (Å²) in [7, 11) is 1.52. The highest BCUT2D eigenvalue weighted by Crippen LogP contribution is 2.26. The van der Waals surface area contributed by atoms with Crippen LogP contribution in [0.1, 0.15) is 5.56 Å². The first kappa shape index (κ1) is 14.2. The minimum absolute atomic E-state index is 0.192. The zero-order chi connectivity index (χ0) is 14.7. The normalized spacial score (nSPS) is 10.2. The van der Waals surface area contributed by atoms with Gasteiger partial charge in [0.2, 0.25) is 0 Å². The molecule has 0 amide bonds. The first-order valence-corrected chi connectivity index (χ1v) is 6.12. The van der Waals surface area contributed by atoms with Crippen molar-refractivity contribution in [3.8, 4) is 5.75 Å². The van der Waals surface area contributed by atoms with Crippen molar-refractivity contribution in [1.29, 1.82) is 0 Å². The summed E-state index contributed by atoms with van der Waals surface area (Å²) in [5.41, 5.74) is 7.16. The van der Waals surface area contributed by atoms with Crippen molar-refractivity contribution in [1.82, 2.24) is 0 Å². The summed E-state index contributed by atoms with van der Waals surface area (Å²) in [5.74, 6) is -1.25. The summed E-state index contributed by atoms with van der Waals surface area (Å²) in [4.78, 5) is 0.192. The smallest absolute Gasteiger partial charge is 0.160 e. The van der Waals surface area contributed by atoms with Gasteiger partial charge in [0.05, 0.1) is 12.8 Å². The second-order valence-electron chi connectivity index (χ2n) is 4.03. The van der Waals surface area contributed by atoms with E-state index in [0.29, 0.717) is 22.7 Å². The Morgan fingerprint density at radius 1 is 1.15 bits per heavy atom. The Hall–Kier alpha value is -2.21. The van der Waals surface area contributed by atoms with Gasteiger partial charge in [0.15, 0.2) is 11.6 Å². The SMILES string of the molecule is COc1ccc(C(N)=S)c(Nc2ccc(F)c(F)c2)c1. The molecule has 0 atom stereocenters. The molecular weight excluding hydrogens is 282 g/mol. The topological polar surface area (TPSA) is 47.3 Å². The molecule has 20 heavy (non-hydrogen) atoms. The lowest BCUT2D eigenvalue weighted by Crippen LogP contribution is -2.12. The van der Waals surface area contributed by atoms with E-state index in [1.165, 1.54) is 13.2 Å². The van der Waals surface area contributed by atoms with Crippen LogP contribution in [0.5, 0.6) is 5.75 Å². The Kier molecular flexibility index (Phi) is 4.14. The maximum atomic E-state index is 13.2. The van der Waals surface area contributed by atoms with Crippen LogP contribution >= 0.6 is 12.2 Å². The number of methoxy groups -OCH3 is 1. The molecule has 0 saturated heterocycles. The van der Waals surface area contributed by atoms with E-state index in [2.05, 4.69) is 5.32 Å². The first-order chi connectivity index (χ1) is 9.51. The number of anilines is 2. The van der Waals surface area contributed by atoms with Crippen LogP contribution in [0, 0.1) is 11.6 Å². The van der Waals surface area contributed by atoms with Crippen molar-refractivity contribution in [2.24, 2.45) is 5.73 Å². The van der Waals surface area contributed by atoms with Crippen molar-refractivity contribution < 1.29 is 13.5 Å². The number of rotatable bonds is 4. The number of halogens is 2. The first-order valence-electron chi connectivity index (χ1n) is 5.71. The van der Waals surface area contributed by atoms with Crippen molar-refractivity contribution in [3.05, 3.63) is 53.6 Å². The molecule has 0 aliphatic carbocycles. The highest BCUT2D eigenvalue weighted by Gasteiger charge is 2.09. The fraction of sp³-hybridized carbons (Fsp3) is 0.0714. The highest BCUT2D eigenvalue weighted by atomic mass is 32.1. The Labute approximate surface area is 120 Å². The van der Waals surface area contributed by atoms with Gasteiger partial charge in [-0.1, -0.05) is 12.2 Å². The lowest BCUT2D eigenvalue weighted by atomic mass is 10.1. The van der Waals surface area contributed by atoms with Crippen molar-refractivity contribution in [2.45, 2.75) is 0 Å². The fourth-order valence-electron chi connectivity index (χ4n) is 1.70. The van der Waals surface area contributed by atoms with Gasteiger partial charge in [-0.25, -0.2) is 8.78 Å². The van der Waals surface area contributed by atoms with E-state index >= 15 is 0 Å². The third kappa shape index (κ3) is 3.03. The molecule has 0 unspecified atom stereocenters. The van der Waals surface area contributed by atoms with Gasteiger partial charge in [-0.3, -0.25) is 0 Å². The van der Waals surface area contributed by atoms with E-state index in [0.717, 1.165) is 12.1 Å². The van der Waals surface area contributed by atoms with E-state index in [9.17, 15) is 8.78 Å². The zero-order valence-corrected chi connectivity index (χ0v) is 11.4. The van der Waals surface area contributed by atoms with E-state index in [-0.39, 0.29) is 4.99 Å². The van der Waals surface area contributed by atoms with Crippen molar-refractivity contribution in [3.63, 3.8) is 0 Å². The molecule has 0 fully saturated rings. The highest BCUT2D eigenvalue weighted by molar-refractivity contribution is 7.80. The number of nitrogens with one attached hydrogen (secondary N) is 1. The lowest BCUT2D eigenvalue weighted by molar-refractivity contribution is 0.415. The predicted molar refractivity (Wildman–Crippen MR) is 78.5 cm³/mol. The van der Waals surface area contributed by atoms with Crippen molar-refractivity contribution in [2.75, 3.05) is 12.4 Å². The van der Waals surface area contributed by atoms with Crippen LogP contribution < -0.4 is 15.8 Å². The Morgan fingerprint density at radius 3 is 2.50 bits per heavy atom. The molecule has 3 N–H and O–H groups in total. The number of nitrogens with two attached hydrogens (primary N) is 1. The quantitative estimate of drug-likeness (QED) is 0.849. The Bertz CT molecular complexity index is 662. The van der Waals surface area contributed by atoms with Gasteiger partial charge < -0.3 is 15.8 Å². The molecule has 0 aliphatic heterocycles. The second-order valence-corrected chi connectivity index (χ2v) is 4.47. The summed E-state index contributed by atoms with van der Waals surface area (Å²) < 4.78 is 31.2. The number of ether oxygens (including phenoxy) is 1. The standard InChI is InChI=1S/C14H12F2N2OS/c1-19-9-3-4-10(14(17)20)13(7-9)18-8-2-5-11(15)12(16)6-8/h2-7,18H,1H3,(H2,17,20). The van der Waals surface area contributed by atoms with E-state index in [1.54, 1.807) is 18.2 Å². The third-order valence-corrected chi connectivity index (χ3v) is 2.91. The third-order valence-electron chi connectivity index (χ3n) is 2.69. The summed E-state index contributed by atoms with van der Waals surface area (Å²) in [5, 5.41) is 2.94. The average molecular weight is 294 g/mol. The number of benzene rings is 2. The fourth-order valence-corrected chi connectivity index (χ4v) is 1.88. The van der Waals surface area contributed by atoms with Crippen LogP contribution in [-0.2, 0) is 0 Å². The molecule has 0 spiro atoms. The van der Waals surface area contributed by atoms with Crippen LogP contribution in [0.15, 0.2) is 36.4 Å². The monoisotopic (exact) mass is 294 g/mol. The van der Waals surface area contributed by atoms with E-state index in [4.69, 9.17) is 22.7 Å². The van der Waals surface area contributed by atoms with Crippen LogP contribution in [0.4, 0.5) is 20.2 Å².